The molecule has 4 nitrogen and oxygen atoms in total. The van der Waals surface area contributed by atoms with Crippen molar-refractivity contribution in [3.05, 3.63) is 29.8 Å². The molecule has 21 heavy (non-hydrogen) atoms. The zero-order valence-corrected chi connectivity index (χ0v) is 13.1. The van der Waals surface area contributed by atoms with Crippen LogP contribution in [0.15, 0.2) is 24.3 Å². The lowest BCUT2D eigenvalue weighted by molar-refractivity contribution is 0.0155. The highest BCUT2D eigenvalue weighted by Gasteiger charge is 2.31. The van der Waals surface area contributed by atoms with Crippen LogP contribution in [0.2, 0.25) is 0 Å². The van der Waals surface area contributed by atoms with Crippen LogP contribution in [-0.2, 0) is 6.54 Å². The topological polar surface area (TPSA) is 58.7 Å². The Hall–Kier alpha value is -1.10. The molecule has 1 aromatic rings. The number of hydrogen-bond acceptors (Lipinski definition) is 4. The van der Waals surface area contributed by atoms with Crippen LogP contribution in [0.5, 0.6) is 5.75 Å². The first-order valence-electron chi connectivity index (χ1n) is 7.94. The molecule has 0 aliphatic heterocycles. The van der Waals surface area contributed by atoms with Crippen molar-refractivity contribution in [1.82, 2.24) is 4.90 Å². The molecular weight excluding hydrogens is 264 g/mol. The fraction of sp³-hybridized carbons (Fsp3) is 0.647. The van der Waals surface area contributed by atoms with Crippen molar-refractivity contribution in [1.29, 1.82) is 0 Å². The van der Waals surface area contributed by atoms with Crippen LogP contribution in [0.25, 0.3) is 0 Å². The van der Waals surface area contributed by atoms with E-state index >= 15 is 0 Å². The Morgan fingerprint density at radius 3 is 2.52 bits per heavy atom. The second-order valence-electron chi connectivity index (χ2n) is 6.22. The van der Waals surface area contributed by atoms with Crippen molar-refractivity contribution in [3.8, 4) is 5.75 Å². The molecule has 2 rings (SSSR count). The fourth-order valence-corrected chi connectivity index (χ4v) is 3.02. The van der Waals surface area contributed by atoms with Gasteiger partial charge in [-0.25, -0.2) is 0 Å². The van der Waals surface area contributed by atoms with Crippen LogP contribution in [0, 0.1) is 0 Å². The third-order valence-electron chi connectivity index (χ3n) is 4.21. The number of ether oxygens (including phenoxy) is 1. The number of benzene rings is 1. The summed E-state index contributed by atoms with van der Waals surface area (Å²) in [5.74, 6) is 0.893. The Kier molecular flexibility index (Phi) is 6.03. The average molecular weight is 292 g/mol. The maximum atomic E-state index is 10.4. The van der Waals surface area contributed by atoms with Gasteiger partial charge in [-0.05, 0) is 44.0 Å². The summed E-state index contributed by atoms with van der Waals surface area (Å²) in [4.78, 5) is 2.21. The van der Waals surface area contributed by atoms with Crippen LogP contribution < -0.4 is 10.5 Å². The van der Waals surface area contributed by atoms with Gasteiger partial charge in [0.1, 0.15) is 5.75 Å². The molecular formula is C17H28N2O2. The molecule has 1 aliphatic carbocycles. The van der Waals surface area contributed by atoms with Crippen molar-refractivity contribution in [2.45, 2.75) is 44.2 Å². The summed E-state index contributed by atoms with van der Waals surface area (Å²) in [6.07, 6.45) is 5.17. The van der Waals surface area contributed by atoms with Crippen molar-refractivity contribution < 1.29 is 9.84 Å². The molecule has 4 heteroatoms. The predicted octanol–water partition coefficient (Wildman–Crippen LogP) is 2.15. The van der Waals surface area contributed by atoms with Gasteiger partial charge in [0, 0.05) is 19.6 Å². The Morgan fingerprint density at radius 1 is 1.24 bits per heavy atom. The van der Waals surface area contributed by atoms with E-state index in [1.54, 1.807) is 0 Å². The summed E-state index contributed by atoms with van der Waals surface area (Å²) in [7, 11) is 2.08. The van der Waals surface area contributed by atoms with Crippen molar-refractivity contribution in [3.63, 3.8) is 0 Å². The van der Waals surface area contributed by atoms with Gasteiger partial charge in [-0.3, -0.25) is 0 Å². The Bertz CT molecular complexity index is 413. The molecule has 1 aliphatic rings. The average Bonchev–Trinajstić information content (AvgIpc) is 2.90. The maximum absolute atomic E-state index is 10.4. The van der Waals surface area contributed by atoms with Crippen LogP contribution in [0.3, 0.4) is 0 Å². The van der Waals surface area contributed by atoms with E-state index in [9.17, 15) is 5.11 Å². The summed E-state index contributed by atoms with van der Waals surface area (Å²) in [6, 6.07) is 7.93. The van der Waals surface area contributed by atoms with Gasteiger partial charge in [-0.1, -0.05) is 25.0 Å². The summed E-state index contributed by atoms with van der Waals surface area (Å²) in [6.45, 7) is 2.99. The molecule has 3 N–H and O–H groups in total. The van der Waals surface area contributed by atoms with E-state index in [0.717, 1.165) is 56.5 Å². The molecule has 0 atom stereocenters. The van der Waals surface area contributed by atoms with E-state index in [2.05, 4.69) is 11.9 Å². The van der Waals surface area contributed by atoms with Crippen LogP contribution in [0.1, 0.15) is 37.7 Å². The van der Waals surface area contributed by atoms with Crippen molar-refractivity contribution in [2.24, 2.45) is 5.73 Å². The molecule has 0 heterocycles. The van der Waals surface area contributed by atoms with Gasteiger partial charge in [0.05, 0.1) is 12.2 Å². The third kappa shape index (κ3) is 5.30. The number of hydrogen-bond donors (Lipinski definition) is 2. The standard InChI is InChI=1S/C17H28N2O2/c1-19(14-17(20)9-2-3-10-17)11-4-12-21-16-7-5-15(13-18)6-8-16/h5-8,20H,2-4,9-14,18H2,1H3. The number of nitrogens with zero attached hydrogens (tertiary/aromatic N) is 1. The molecule has 0 aromatic heterocycles. The SMILES string of the molecule is CN(CCCOc1ccc(CN)cc1)CC1(O)CCCC1. The molecule has 118 valence electrons. The first kappa shape index (κ1) is 16.3. The zero-order chi connectivity index (χ0) is 15.1. The summed E-state index contributed by atoms with van der Waals surface area (Å²) < 4.78 is 5.72. The summed E-state index contributed by atoms with van der Waals surface area (Å²) in [5.41, 5.74) is 6.23. The van der Waals surface area contributed by atoms with Gasteiger partial charge in [0.25, 0.3) is 0 Å². The minimum atomic E-state index is -0.451. The van der Waals surface area contributed by atoms with Gasteiger partial charge in [0.15, 0.2) is 0 Å². The summed E-state index contributed by atoms with van der Waals surface area (Å²) >= 11 is 0. The number of likely N-dealkylation sites (N-methyl/N-ethyl adjacent to an activating group) is 1. The molecule has 0 amide bonds. The van der Waals surface area contributed by atoms with E-state index in [-0.39, 0.29) is 0 Å². The Labute approximate surface area is 127 Å². The van der Waals surface area contributed by atoms with Crippen molar-refractivity contribution in [2.75, 3.05) is 26.7 Å². The van der Waals surface area contributed by atoms with Crippen molar-refractivity contribution >= 4 is 0 Å². The minimum absolute atomic E-state index is 0.451. The molecule has 0 bridgehead atoms. The van der Waals surface area contributed by atoms with E-state index in [0.29, 0.717) is 13.2 Å². The van der Waals surface area contributed by atoms with E-state index in [4.69, 9.17) is 10.5 Å². The molecule has 1 fully saturated rings. The largest absolute Gasteiger partial charge is 0.494 e. The smallest absolute Gasteiger partial charge is 0.119 e. The maximum Gasteiger partial charge on any atom is 0.119 e. The Morgan fingerprint density at radius 2 is 1.90 bits per heavy atom. The highest BCUT2D eigenvalue weighted by Crippen LogP contribution is 2.29. The highest BCUT2D eigenvalue weighted by atomic mass is 16.5. The first-order chi connectivity index (χ1) is 10.1. The lowest BCUT2D eigenvalue weighted by Gasteiger charge is -2.28. The monoisotopic (exact) mass is 292 g/mol. The van der Waals surface area contributed by atoms with Gasteiger partial charge in [-0.2, -0.15) is 0 Å². The minimum Gasteiger partial charge on any atom is -0.494 e. The molecule has 1 saturated carbocycles. The van der Waals surface area contributed by atoms with E-state index in [1.807, 2.05) is 24.3 Å². The Balaban J connectivity index is 1.62. The highest BCUT2D eigenvalue weighted by molar-refractivity contribution is 5.26. The van der Waals surface area contributed by atoms with Crippen LogP contribution in [0.4, 0.5) is 0 Å². The molecule has 0 radical (unpaired) electrons. The normalized spacial score (nSPS) is 17.3. The molecule has 0 spiro atoms. The quantitative estimate of drug-likeness (QED) is 0.721. The van der Waals surface area contributed by atoms with Gasteiger partial charge in [-0.15, -0.1) is 0 Å². The predicted molar refractivity (Wildman–Crippen MR) is 85.4 cm³/mol. The first-order valence-corrected chi connectivity index (χ1v) is 7.94. The van der Waals surface area contributed by atoms with E-state index in [1.165, 1.54) is 0 Å². The number of aliphatic hydroxyl groups is 1. The molecule has 0 saturated heterocycles. The number of rotatable bonds is 8. The lowest BCUT2D eigenvalue weighted by atomic mass is 10.0. The number of nitrogens with two attached hydrogens (primary N) is 1. The van der Waals surface area contributed by atoms with Crippen LogP contribution >= 0.6 is 0 Å². The third-order valence-corrected chi connectivity index (χ3v) is 4.21. The van der Waals surface area contributed by atoms with Crippen LogP contribution in [-0.4, -0.2) is 42.4 Å². The second kappa shape index (κ2) is 7.78. The molecule has 0 unspecified atom stereocenters. The second-order valence-corrected chi connectivity index (χ2v) is 6.22. The molecule has 1 aromatic carbocycles. The zero-order valence-electron chi connectivity index (χ0n) is 13.1. The van der Waals surface area contributed by atoms with E-state index < -0.39 is 5.60 Å². The van der Waals surface area contributed by atoms with Gasteiger partial charge >= 0.3 is 0 Å². The fourth-order valence-electron chi connectivity index (χ4n) is 3.02. The lowest BCUT2D eigenvalue weighted by Crippen LogP contribution is -2.39. The van der Waals surface area contributed by atoms with Gasteiger partial charge in [0.2, 0.25) is 0 Å². The summed E-state index contributed by atoms with van der Waals surface area (Å²) in [5, 5.41) is 10.4. The van der Waals surface area contributed by atoms with Gasteiger partial charge < -0.3 is 20.5 Å².